The van der Waals surface area contributed by atoms with E-state index in [-0.39, 0.29) is 24.7 Å². The van der Waals surface area contributed by atoms with Crippen molar-refractivity contribution < 1.29 is 33.3 Å². The van der Waals surface area contributed by atoms with Crippen LogP contribution in [0.5, 0.6) is 17.2 Å². The smallest absolute Gasteiger partial charge is 0.410 e. The van der Waals surface area contributed by atoms with Crippen LogP contribution >= 0.6 is 0 Å². The summed E-state index contributed by atoms with van der Waals surface area (Å²) in [4.78, 5) is 31.7. The van der Waals surface area contributed by atoms with Crippen LogP contribution in [0, 0.1) is 6.92 Å². The average Bonchev–Trinajstić information content (AvgIpc) is 3.02. The molecule has 3 aromatic carbocycles. The van der Waals surface area contributed by atoms with Crippen molar-refractivity contribution >= 4 is 12.0 Å². The quantitative estimate of drug-likeness (QED) is 0.303. The number of rotatable bonds is 10. The van der Waals surface area contributed by atoms with Gasteiger partial charge >= 0.3 is 6.09 Å². The lowest BCUT2D eigenvalue weighted by Crippen LogP contribution is -2.66. The lowest BCUT2D eigenvalue weighted by atomic mass is 9.82. The Bertz CT molecular complexity index is 1460. The zero-order valence-corrected chi connectivity index (χ0v) is 26.4. The molecule has 9 nitrogen and oxygen atoms in total. The molecule has 234 valence electrons. The van der Waals surface area contributed by atoms with E-state index in [0.717, 1.165) is 27.8 Å². The van der Waals surface area contributed by atoms with Gasteiger partial charge in [-0.25, -0.2) is 4.79 Å². The number of amides is 2. The lowest BCUT2D eigenvalue weighted by Gasteiger charge is -2.51. The van der Waals surface area contributed by atoms with Gasteiger partial charge in [0.25, 0.3) is 0 Å². The van der Waals surface area contributed by atoms with E-state index in [0.29, 0.717) is 43.2 Å². The highest BCUT2D eigenvalue weighted by atomic mass is 16.6. The van der Waals surface area contributed by atoms with Gasteiger partial charge < -0.3 is 28.6 Å². The minimum atomic E-state index is -0.752. The van der Waals surface area contributed by atoms with Crippen molar-refractivity contribution in [2.45, 2.75) is 64.4 Å². The highest BCUT2D eigenvalue weighted by Gasteiger charge is 2.50. The van der Waals surface area contributed by atoms with Crippen molar-refractivity contribution in [3.63, 3.8) is 0 Å². The first kappa shape index (κ1) is 31.2. The van der Waals surface area contributed by atoms with Crippen LogP contribution in [-0.2, 0) is 33.7 Å². The maximum Gasteiger partial charge on any atom is 0.410 e. The molecule has 2 aliphatic heterocycles. The Labute approximate surface area is 259 Å². The number of carbonyl (C=O) groups is 2. The van der Waals surface area contributed by atoms with E-state index in [9.17, 15) is 9.59 Å². The molecule has 9 heteroatoms. The van der Waals surface area contributed by atoms with Gasteiger partial charge in [-0.1, -0.05) is 60.7 Å². The fourth-order valence-electron chi connectivity index (χ4n) is 6.57. The van der Waals surface area contributed by atoms with Crippen LogP contribution < -0.4 is 14.2 Å². The number of piperazine rings is 1. The fourth-order valence-corrected chi connectivity index (χ4v) is 6.57. The zero-order valence-electron chi connectivity index (χ0n) is 26.4. The van der Waals surface area contributed by atoms with Crippen LogP contribution in [0.2, 0.25) is 0 Å². The number of hydrogen-bond donors (Lipinski definition) is 0. The molecule has 2 amide bonds. The van der Waals surface area contributed by atoms with E-state index in [1.807, 2.05) is 86.3 Å². The molecule has 0 radical (unpaired) electrons. The summed E-state index contributed by atoms with van der Waals surface area (Å²) in [6.07, 6.45) is 0.00767. The number of methoxy groups -OCH3 is 3. The monoisotopic (exact) mass is 602 g/mol. The van der Waals surface area contributed by atoms with Crippen molar-refractivity contribution in [2.24, 2.45) is 0 Å². The number of hydrogen-bond acceptors (Lipinski definition) is 7. The fraction of sp³-hybridized carbons (Fsp3) is 0.429. The summed E-state index contributed by atoms with van der Waals surface area (Å²) >= 11 is 0. The van der Waals surface area contributed by atoms with E-state index in [1.165, 1.54) is 0 Å². The van der Waals surface area contributed by atoms with E-state index in [4.69, 9.17) is 23.7 Å². The molecule has 3 atom stereocenters. The Morgan fingerprint density at radius 2 is 1.48 bits per heavy atom. The Balaban J connectivity index is 1.61. The summed E-state index contributed by atoms with van der Waals surface area (Å²) in [5.41, 5.74) is 4.52. The lowest BCUT2D eigenvalue weighted by molar-refractivity contribution is -0.152. The largest absolute Gasteiger partial charge is 0.496 e. The van der Waals surface area contributed by atoms with E-state index in [1.54, 1.807) is 26.2 Å². The normalized spacial score (nSPS) is 19.3. The first-order chi connectivity index (χ1) is 21.3. The average molecular weight is 603 g/mol. The second-order valence-corrected chi connectivity index (χ2v) is 11.5. The van der Waals surface area contributed by atoms with Crippen molar-refractivity contribution in [3.05, 3.63) is 88.5 Å². The summed E-state index contributed by atoms with van der Waals surface area (Å²) < 4.78 is 29.8. The molecule has 0 unspecified atom stereocenters. The van der Waals surface area contributed by atoms with Gasteiger partial charge in [0.1, 0.15) is 11.8 Å². The zero-order chi connectivity index (χ0) is 31.4. The first-order valence-electron chi connectivity index (χ1n) is 15.0. The minimum Gasteiger partial charge on any atom is -0.496 e. The number of fused-ring (bicyclic) bond motifs is 2. The maximum absolute atomic E-state index is 14.7. The first-order valence-corrected chi connectivity index (χ1v) is 15.0. The number of benzene rings is 3. The summed E-state index contributed by atoms with van der Waals surface area (Å²) in [6.45, 7) is 6.45. The predicted molar refractivity (Wildman–Crippen MR) is 166 cm³/mol. The van der Waals surface area contributed by atoms with Gasteiger partial charge in [0.2, 0.25) is 5.91 Å². The summed E-state index contributed by atoms with van der Waals surface area (Å²) in [5.74, 6) is 1.63. The van der Waals surface area contributed by atoms with Gasteiger partial charge in [0, 0.05) is 29.7 Å². The molecule has 44 heavy (non-hydrogen) atoms. The molecule has 2 aliphatic rings. The van der Waals surface area contributed by atoms with Crippen LogP contribution in [0.3, 0.4) is 0 Å². The number of carbonyl (C=O) groups excluding carboxylic acids is 2. The van der Waals surface area contributed by atoms with Gasteiger partial charge in [-0.2, -0.15) is 0 Å². The molecule has 0 N–H and O–H groups in total. The number of ether oxygens (including phenoxy) is 5. The SMILES string of the molecule is COc1c(C)c(OC)c(OC)c2c1C[C@H]1CN(C(=O)OC(C)C)[C@@H](Cc3ccccc3)C(=O)N1[C@H]2COCc1ccccc1. The third-order valence-corrected chi connectivity index (χ3v) is 8.40. The van der Waals surface area contributed by atoms with Crippen molar-refractivity contribution in [3.8, 4) is 17.2 Å². The molecular formula is C35H42N2O7. The van der Waals surface area contributed by atoms with Gasteiger partial charge in [0.15, 0.2) is 11.5 Å². The summed E-state index contributed by atoms with van der Waals surface area (Å²) in [7, 11) is 4.84. The highest BCUT2D eigenvalue weighted by molar-refractivity contribution is 5.89. The Morgan fingerprint density at radius 1 is 0.864 bits per heavy atom. The molecule has 1 saturated heterocycles. The third kappa shape index (κ3) is 6.06. The van der Waals surface area contributed by atoms with Crippen LogP contribution in [-0.4, -0.2) is 74.5 Å². The van der Waals surface area contributed by atoms with E-state index < -0.39 is 18.2 Å². The van der Waals surface area contributed by atoms with Gasteiger partial charge in [-0.05, 0) is 38.3 Å². The summed E-state index contributed by atoms with van der Waals surface area (Å²) in [5, 5.41) is 0. The highest BCUT2D eigenvalue weighted by Crippen LogP contribution is 2.51. The van der Waals surface area contributed by atoms with E-state index in [2.05, 4.69) is 0 Å². The van der Waals surface area contributed by atoms with Gasteiger partial charge in [-0.15, -0.1) is 0 Å². The molecule has 3 aromatic rings. The van der Waals surface area contributed by atoms with Crippen LogP contribution in [0.15, 0.2) is 60.7 Å². The molecule has 0 aromatic heterocycles. The summed E-state index contributed by atoms with van der Waals surface area (Å²) in [6, 6.07) is 18.1. The minimum absolute atomic E-state index is 0.162. The molecule has 5 rings (SSSR count). The topological polar surface area (TPSA) is 86.8 Å². The standard InChI is InChI=1S/C35H42N2O7/c1-22(2)44-35(39)36-19-26-18-27-30(33(42-6)32(41-5)23(3)31(27)40-4)29(21-43-20-25-15-11-8-12-16-25)37(26)34(38)28(36)17-24-13-9-7-10-14-24/h7-16,22,26,28-29H,17-21H2,1-6H3/t26-,28-,29-/m0/s1. The molecule has 0 aliphatic carbocycles. The van der Waals surface area contributed by atoms with Gasteiger partial charge in [0.05, 0.1) is 52.7 Å². The Hall–Kier alpha value is -4.24. The van der Waals surface area contributed by atoms with Crippen LogP contribution in [0.1, 0.15) is 47.7 Å². The van der Waals surface area contributed by atoms with Crippen molar-refractivity contribution in [2.75, 3.05) is 34.5 Å². The predicted octanol–water partition coefficient (Wildman–Crippen LogP) is 5.50. The van der Waals surface area contributed by atoms with Gasteiger partial charge in [-0.3, -0.25) is 9.69 Å². The van der Waals surface area contributed by atoms with Crippen molar-refractivity contribution in [1.29, 1.82) is 0 Å². The van der Waals surface area contributed by atoms with Crippen LogP contribution in [0.4, 0.5) is 4.79 Å². The molecule has 1 fully saturated rings. The second kappa shape index (κ2) is 13.6. The molecular weight excluding hydrogens is 560 g/mol. The molecule has 0 saturated carbocycles. The second-order valence-electron chi connectivity index (χ2n) is 11.5. The Morgan fingerprint density at radius 3 is 2.07 bits per heavy atom. The molecule has 2 heterocycles. The third-order valence-electron chi connectivity index (χ3n) is 8.40. The molecule has 0 bridgehead atoms. The van der Waals surface area contributed by atoms with Crippen LogP contribution in [0.25, 0.3) is 0 Å². The Kier molecular flexibility index (Phi) is 9.64. The number of nitrogens with zero attached hydrogens (tertiary/aromatic N) is 2. The van der Waals surface area contributed by atoms with Crippen molar-refractivity contribution in [1.82, 2.24) is 9.80 Å². The molecule has 0 spiro atoms. The van der Waals surface area contributed by atoms with E-state index >= 15 is 0 Å². The maximum atomic E-state index is 14.7.